The predicted octanol–water partition coefficient (Wildman–Crippen LogP) is 3.10. The van der Waals surface area contributed by atoms with Gasteiger partial charge in [0.05, 0.1) is 0 Å². The summed E-state index contributed by atoms with van der Waals surface area (Å²) in [6.07, 6.45) is 5.21. The summed E-state index contributed by atoms with van der Waals surface area (Å²) in [6, 6.07) is 12.4. The SMILES string of the molecule is O=C(NC1CCN(Cc2ccccc2[C@H]2COc3cccnc3O2)CC1)C1CCOCC1. The molecule has 1 atom stereocenters. The average molecular weight is 438 g/mol. The molecule has 0 saturated carbocycles. The van der Waals surface area contributed by atoms with Crippen LogP contribution < -0.4 is 14.8 Å². The molecule has 0 radical (unpaired) electrons. The van der Waals surface area contributed by atoms with Gasteiger partial charge in [-0.05, 0) is 43.4 Å². The van der Waals surface area contributed by atoms with Crippen LogP contribution in [0.3, 0.4) is 0 Å². The topological polar surface area (TPSA) is 72.9 Å². The first-order valence-corrected chi connectivity index (χ1v) is 11.7. The summed E-state index contributed by atoms with van der Waals surface area (Å²) in [5, 5.41) is 3.28. The van der Waals surface area contributed by atoms with Crippen molar-refractivity contribution in [1.29, 1.82) is 0 Å². The van der Waals surface area contributed by atoms with E-state index in [4.69, 9.17) is 14.2 Å². The van der Waals surface area contributed by atoms with Gasteiger partial charge in [0.2, 0.25) is 5.91 Å². The lowest BCUT2D eigenvalue weighted by molar-refractivity contribution is -0.128. The van der Waals surface area contributed by atoms with Gasteiger partial charge in [0.15, 0.2) is 11.9 Å². The van der Waals surface area contributed by atoms with Gasteiger partial charge in [-0.15, -0.1) is 0 Å². The van der Waals surface area contributed by atoms with Crippen molar-refractivity contribution in [3.63, 3.8) is 0 Å². The van der Waals surface area contributed by atoms with E-state index in [1.54, 1.807) is 6.20 Å². The van der Waals surface area contributed by atoms with E-state index in [1.165, 1.54) is 5.56 Å². The number of pyridine rings is 1. The Kier molecular flexibility index (Phi) is 6.55. The van der Waals surface area contributed by atoms with E-state index in [0.717, 1.165) is 50.9 Å². The fourth-order valence-corrected chi connectivity index (χ4v) is 4.81. The third kappa shape index (κ3) is 4.89. The zero-order valence-corrected chi connectivity index (χ0v) is 18.4. The highest BCUT2D eigenvalue weighted by Gasteiger charge is 2.28. The highest BCUT2D eigenvalue weighted by Crippen LogP contribution is 2.35. The number of rotatable bonds is 5. The summed E-state index contributed by atoms with van der Waals surface area (Å²) >= 11 is 0. The molecule has 2 saturated heterocycles. The molecule has 1 amide bonds. The van der Waals surface area contributed by atoms with E-state index >= 15 is 0 Å². The number of piperidine rings is 1. The summed E-state index contributed by atoms with van der Waals surface area (Å²) in [4.78, 5) is 19.3. The zero-order chi connectivity index (χ0) is 21.8. The molecule has 7 nitrogen and oxygen atoms in total. The Morgan fingerprint density at radius 1 is 1.06 bits per heavy atom. The number of carbonyl (C=O) groups is 1. The van der Waals surface area contributed by atoms with Crippen molar-refractivity contribution in [2.24, 2.45) is 5.92 Å². The third-order valence-electron chi connectivity index (χ3n) is 6.70. The third-order valence-corrected chi connectivity index (χ3v) is 6.70. The molecule has 5 rings (SSSR count). The molecular weight excluding hydrogens is 406 g/mol. The van der Waals surface area contributed by atoms with Crippen LogP contribution in [0.15, 0.2) is 42.6 Å². The molecule has 4 heterocycles. The average Bonchev–Trinajstić information content (AvgIpc) is 2.86. The summed E-state index contributed by atoms with van der Waals surface area (Å²) in [5.41, 5.74) is 2.41. The highest BCUT2D eigenvalue weighted by molar-refractivity contribution is 5.79. The van der Waals surface area contributed by atoms with Gasteiger partial charge in [-0.2, -0.15) is 0 Å². The molecule has 3 aliphatic rings. The monoisotopic (exact) mass is 437 g/mol. The Balaban J connectivity index is 1.16. The Morgan fingerprint density at radius 3 is 2.72 bits per heavy atom. The molecular formula is C25H31N3O4. The normalized spacial score (nSPS) is 22.4. The van der Waals surface area contributed by atoms with Crippen LogP contribution >= 0.6 is 0 Å². The molecule has 1 aromatic carbocycles. The van der Waals surface area contributed by atoms with Gasteiger partial charge >= 0.3 is 0 Å². The summed E-state index contributed by atoms with van der Waals surface area (Å²) in [7, 11) is 0. The van der Waals surface area contributed by atoms with Crippen LogP contribution in [0.25, 0.3) is 0 Å². The maximum Gasteiger partial charge on any atom is 0.257 e. The minimum absolute atomic E-state index is 0.117. The number of amides is 1. The minimum atomic E-state index is -0.162. The number of aromatic nitrogens is 1. The Bertz CT molecular complexity index is 923. The molecule has 7 heteroatoms. The second-order valence-corrected chi connectivity index (χ2v) is 8.87. The van der Waals surface area contributed by atoms with E-state index in [1.807, 2.05) is 18.2 Å². The van der Waals surface area contributed by atoms with Crippen molar-refractivity contribution in [2.45, 2.75) is 44.4 Å². The maximum absolute atomic E-state index is 12.5. The van der Waals surface area contributed by atoms with Gasteiger partial charge < -0.3 is 19.5 Å². The van der Waals surface area contributed by atoms with Gasteiger partial charge in [0, 0.05) is 56.6 Å². The van der Waals surface area contributed by atoms with Gasteiger partial charge in [-0.3, -0.25) is 9.69 Å². The molecule has 0 unspecified atom stereocenters. The van der Waals surface area contributed by atoms with E-state index < -0.39 is 0 Å². The van der Waals surface area contributed by atoms with Crippen LogP contribution in [-0.2, 0) is 16.1 Å². The molecule has 0 bridgehead atoms. The Hall–Kier alpha value is -2.64. The largest absolute Gasteiger partial charge is 0.484 e. The number of nitrogens with one attached hydrogen (secondary N) is 1. The van der Waals surface area contributed by atoms with Gasteiger partial charge in [0.25, 0.3) is 5.88 Å². The number of nitrogens with zero attached hydrogens (tertiary/aromatic N) is 2. The molecule has 1 aromatic heterocycles. The van der Waals surface area contributed by atoms with Crippen LogP contribution in [-0.4, -0.2) is 54.7 Å². The number of hydrogen-bond donors (Lipinski definition) is 1. The maximum atomic E-state index is 12.5. The second-order valence-electron chi connectivity index (χ2n) is 8.87. The van der Waals surface area contributed by atoms with E-state index in [-0.39, 0.29) is 24.0 Å². The van der Waals surface area contributed by atoms with Crippen molar-refractivity contribution in [3.05, 3.63) is 53.7 Å². The predicted molar refractivity (Wildman–Crippen MR) is 120 cm³/mol. The fraction of sp³-hybridized carbons (Fsp3) is 0.520. The number of ether oxygens (including phenoxy) is 3. The zero-order valence-electron chi connectivity index (χ0n) is 18.4. The number of benzene rings is 1. The lowest BCUT2D eigenvalue weighted by atomic mass is 9.97. The standard InChI is InChI=1S/C25H31N3O4/c29-24(18-9-14-30-15-10-18)27-20-7-12-28(13-8-20)16-19-4-1-2-5-21(19)23-17-31-22-6-3-11-26-25(22)32-23/h1-6,11,18,20,23H,7-10,12-17H2,(H,27,29)/t23-/m1/s1. The fourth-order valence-electron chi connectivity index (χ4n) is 4.81. The van der Waals surface area contributed by atoms with Gasteiger partial charge in [0.1, 0.15) is 6.61 Å². The van der Waals surface area contributed by atoms with Crippen molar-refractivity contribution >= 4 is 5.91 Å². The van der Waals surface area contributed by atoms with Crippen molar-refractivity contribution < 1.29 is 19.0 Å². The number of hydrogen-bond acceptors (Lipinski definition) is 6. The lowest BCUT2D eigenvalue weighted by Crippen LogP contribution is -2.46. The van der Waals surface area contributed by atoms with Crippen LogP contribution in [0.2, 0.25) is 0 Å². The van der Waals surface area contributed by atoms with Crippen molar-refractivity contribution in [2.75, 3.05) is 32.9 Å². The van der Waals surface area contributed by atoms with Crippen LogP contribution in [0, 0.1) is 5.92 Å². The highest BCUT2D eigenvalue weighted by atomic mass is 16.6. The first-order valence-electron chi connectivity index (χ1n) is 11.7. The summed E-state index contributed by atoms with van der Waals surface area (Å²) < 4.78 is 17.4. The Labute approximate surface area is 189 Å². The van der Waals surface area contributed by atoms with Crippen molar-refractivity contribution in [3.8, 4) is 11.6 Å². The quantitative estimate of drug-likeness (QED) is 0.775. The molecule has 32 heavy (non-hydrogen) atoms. The van der Waals surface area contributed by atoms with Gasteiger partial charge in [-0.1, -0.05) is 24.3 Å². The lowest BCUT2D eigenvalue weighted by Gasteiger charge is -2.34. The summed E-state index contributed by atoms with van der Waals surface area (Å²) in [5.74, 6) is 1.58. The smallest absolute Gasteiger partial charge is 0.257 e. The molecule has 0 spiro atoms. The van der Waals surface area contributed by atoms with Crippen LogP contribution in [0.5, 0.6) is 11.6 Å². The molecule has 2 fully saturated rings. The van der Waals surface area contributed by atoms with E-state index in [2.05, 4.69) is 33.4 Å². The molecule has 170 valence electrons. The van der Waals surface area contributed by atoms with Crippen LogP contribution in [0.1, 0.15) is 42.9 Å². The molecule has 0 aliphatic carbocycles. The number of fused-ring (bicyclic) bond motifs is 1. The number of carbonyl (C=O) groups excluding carboxylic acids is 1. The molecule has 2 aromatic rings. The van der Waals surface area contributed by atoms with Gasteiger partial charge in [-0.25, -0.2) is 4.98 Å². The Morgan fingerprint density at radius 2 is 1.88 bits per heavy atom. The van der Waals surface area contributed by atoms with E-state index in [0.29, 0.717) is 31.5 Å². The van der Waals surface area contributed by atoms with E-state index in [9.17, 15) is 4.79 Å². The summed E-state index contributed by atoms with van der Waals surface area (Å²) in [6.45, 7) is 4.70. The van der Waals surface area contributed by atoms with Crippen LogP contribution in [0.4, 0.5) is 0 Å². The first kappa shape index (κ1) is 21.2. The molecule has 3 aliphatic heterocycles. The molecule has 1 N–H and O–H groups in total. The minimum Gasteiger partial charge on any atom is -0.484 e. The number of likely N-dealkylation sites (tertiary alicyclic amines) is 1. The first-order chi connectivity index (χ1) is 15.8. The second kappa shape index (κ2) is 9.88. The van der Waals surface area contributed by atoms with Crippen molar-refractivity contribution in [1.82, 2.24) is 15.2 Å².